The molecule has 0 saturated carbocycles. The largest absolute Gasteiger partial charge is 0.460 e. The Labute approximate surface area is 326 Å². The SMILES string of the molecule is CCCCCCCCCCOCCOCCOCCOCCOCCOCCOCCOCCOCCOCCOC(=O)c1ccc(NCCCC)cc1. The average molecular weight is 774 g/mol. The Morgan fingerprint density at radius 3 is 1.07 bits per heavy atom. The standard InChI is InChI=1S/C41H75NO12/c1-3-5-7-8-9-10-11-12-18-44-19-20-45-21-22-46-23-24-47-25-26-48-27-28-49-29-30-50-31-32-51-33-34-52-35-36-53-37-38-54-41(43)39-13-15-40(16-14-39)42-17-6-4-2/h13-16,42H,3-12,17-38H2,1-2H3. The summed E-state index contributed by atoms with van der Waals surface area (Å²) in [6, 6.07) is 7.30. The van der Waals surface area contributed by atoms with E-state index in [2.05, 4.69) is 19.2 Å². The zero-order valence-electron chi connectivity index (χ0n) is 33.8. The van der Waals surface area contributed by atoms with Gasteiger partial charge in [0.05, 0.1) is 131 Å². The summed E-state index contributed by atoms with van der Waals surface area (Å²) in [7, 11) is 0. The summed E-state index contributed by atoms with van der Waals surface area (Å²) in [6.45, 7) is 15.9. The molecular formula is C41H75NO12. The molecule has 0 saturated heterocycles. The summed E-state index contributed by atoms with van der Waals surface area (Å²) in [5.74, 6) is -0.359. The molecule has 0 amide bonds. The maximum atomic E-state index is 12.1. The van der Waals surface area contributed by atoms with E-state index in [1.54, 1.807) is 12.1 Å². The Balaban J connectivity index is 1.67. The van der Waals surface area contributed by atoms with Crippen molar-refractivity contribution in [3.63, 3.8) is 0 Å². The van der Waals surface area contributed by atoms with E-state index in [-0.39, 0.29) is 12.6 Å². The van der Waals surface area contributed by atoms with Crippen molar-refractivity contribution >= 4 is 11.7 Å². The number of carbonyl (C=O) groups is 1. The van der Waals surface area contributed by atoms with E-state index in [1.165, 1.54) is 44.9 Å². The molecule has 0 bridgehead atoms. The Kier molecular flexibility index (Phi) is 39.2. The van der Waals surface area contributed by atoms with Crippen molar-refractivity contribution < 1.29 is 56.9 Å². The first kappa shape index (κ1) is 50.1. The second-order valence-electron chi connectivity index (χ2n) is 12.6. The first-order valence-corrected chi connectivity index (χ1v) is 20.6. The molecule has 0 atom stereocenters. The van der Waals surface area contributed by atoms with E-state index in [0.29, 0.717) is 131 Å². The normalized spacial score (nSPS) is 11.4. The van der Waals surface area contributed by atoms with E-state index in [9.17, 15) is 4.79 Å². The Bertz CT molecular complexity index is 895. The van der Waals surface area contributed by atoms with Gasteiger partial charge in [0.15, 0.2) is 0 Å². The molecule has 0 spiro atoms. The summed E-state index contributed by atoms with van der Waals surface area (Å²) >= 11 is 0. The number of anilines is 1. The molecule has 0 aromatic heterocycles. The van der Waals surface area contributed by atoms with E-state index in [1.807, 2.05) is 12.1 Å². The van der Waals surface area contributed by atoms with Gasteiger partial charge in [-0.3, -0.25) is 0 Å². The van der Waals surface area contributed by atoms with Crippen molar-refractivity contribution in [1.82, 2.24) is 0 Å². The van der Waals surface area contributed by atoms with Crippen molar-refractivity contribution in [3.8, 4) is 0 Å². The fourth-order valence-electron chi connectivity index (χ4n) is 4.83. The lowest BCUT2D eigenvalue weighted by atomic mass is 10.1. The van der Waals surface area contributed by atoms with Crippen molar-refractivity contribution in [2.45, 2.75) is 78.1 Å². The second-order valence-corrected chi connectivity index (χ2v) is 12.6. The van der Waals surface area contributed by atoms with Crippen LogP contribution in [-0.2, 0) is 52.1 Å². The highest BCUT2D eigenvalue weighted by atomic mass is 16.6. The number of hydrogen-bond donors (Lipinski definition) is 1. The van der Waals surface area contributed by atoms with Gasteiger partial charge in [0, 0.05) is 18.8 Å². The summed E-state index contributed by atoms with van der Waals surface area (Å²) in [5, 5.41) is 3.32. The van der Waals surface area contributed by atoms with Gasteiger partial charge in [-0.25, -0.2) is 4.79 Å². The highest BCUT2D eigenvalue weighted by Gasteiger charge is 2.07. The number of benzene rings is 1. The molecular weight excluding hydrogens is 698 g/mol. The molecule has 0 aliphatic carbocycles. The first-order valence-electron chi connectivity index (χ1n) is 20.6. The minimum absolute atomic E-state index is 0.192. The zero-order valence-corrected chi connectivity index (χ0v) is 33.8. The van der Waals surface area contributed by atoms with Crippen LogP contribution < -0.4 is 5.32 Å². The molecule has 0 heterocycles. The topological polar surface area (TPSA) is 131 Å². The van der Waals surface area contributed by atoms with Gasteiger partial charge in [0.25, 0.3) is 0 Å². The summed E-state index contributed by atoms with van der Waals surface area (Å²) in [6.07, 6.45) is 12.7. The van der Waals surface area contributed by atoms with Gasteiger partial charge >= 0.3 is 5.97 Å². The highest BCUT2D eigenvalue weighted by molar-refractivity contribution is 5.89. The molecule has 13 nitrogen and oxygen atoms in total. The average Bonchev–Trinajstić information content (AvgIpc) is 3.19. The maximum Gasteiger partial charge on any atom is 0.338 e. The number of rotatable bonds is 44. The quantitative estimate of drug-likeness (QED) is 0.0584. The predicted molar refractivity (Wildman–Crippen MR) is 211 cm³/mol. The van der Waals surface area contributed by atoms with E-state index < -0.39 is 0 Å². The van der Waals surface area contributed by atoms with Crippen LogP contribution in [0.2, 0.25) is 0 Å². The smallest absolute Gasteiger partial charge is 0.338 e. The Morgan fingerprint density at radius 2 is 0.704 bits per heavy atom. The van der Waals surface area contributed by atoms with Crippen LogP contribution in [0.1, 0.15) is 88.4 Å². The minimum atomic E-state index is -0.359. The lowest BCUT2D eigenvalue weighted by Gasteiger charge is -2.09. The molecule has 0 unspecified atom stereocenters. The second kappa shape index (κ2) is 42.2. The zero-order chi connectivity index (χ0) is 38.7. The summed E-state index contributed by atoms with van der Waals surface area (Å²) in [4.78, 5) is 12.1. The number of hydrogen-bond acceptors (Lipinski definition) is 13. The van der Waals surface area contributed by atoms with Gasteiger partial charge in [0.2, 0.25) is 0 Å². The Hall–Kier alpha value is -1.91. The molecule has 1 aromatic carbocycles. The maximum absolute atomic E-state index is 12.1. The molecule has 1 aromatic rings. The summed E-state index contributed by atoms with van der Waals surface area (Å²) in [5.41, 5.74) is 1.52. The lowest BCUT2D eigenvalue weighted by molar-refractivity contribution is -0.0271. The monoisotopic (exact) mass is 774 g/mol. The highest BCUT2D eigenvalue weighted by Crippen LogP contribution is 2.11. The number of carbonyl (C=O) groups excluding carboxylic acids is 1. The molecule has 13 heteroatoms. The van der Waals surface area contributed by atoms with Crippen LogP contribution in [0.25, 0.3) is 0 Å². The predicted octanol–water partition coefficient (Wildman–Crippen LogP) is 6.36. The number of nitrogens with one attached hydrogen (secondary N) is 1. The van der Waals surface area contributed by atoms with Crippen LogP contribution in [0.4, 0.5) is 5.69 Å². The van der Waals surface area contributed by atoms with E-state index in [0.717, 1.165) is 38.1 Å². The third kappa shape index (κ3) is 35.8. The fourth-order valence-corrected chi connectivity index (χ4v) is 4.83. The van der Waals surface area contributed by atoms with Gasteiger partial charge < -0.3 is 57.4 Å². The first-order chi connectivity index (χ1) is 26.8. The third-order valence-corrected chi connectivity index (χ3v) is 7.93. The molecule has 0 radical (unpaired) electrons. The molecule has 1 rings (SSSR count). The van der Waals surface area contributed by atoms with Crippen LogP contribution in [0.15, 0.2) is 24.3 Å². The molecule has 1 N–H and O–H groups in total. The number of esters is 1. The van der Waals surface area contributed by atoms with Gasteiger partial charge in [-0.1, -0.05) is 65.2 Å². The van der Waals surface area contributed by atoms with Crippen LogP contribution >= 0.6 is 0 Å². The molecule has 54 heavy (non-hydrogen) atoms. The fraction of sp³-hybridized carbons (Fsp3) is 0.829. The van der Waals surface area contributed by atoms with Crippen LogP contribution in [0, 0.1) is 0 Å². The van der Waals surface area contributed by atoms with E-state index >= 15 is 0 Å². The number of unbranched alkanes of at least 4 members (excludes halogenated alkanes) is 8. The van der Waals surface area contributed by atoms with Gasteiger partial charge in [-0.15, -0.1) is 0 Å². The number of ether oxygens (including phenoxy) is 11. The minimum Gasteiger partial charge on any atom is -0.460 e. The van der Waals surface area contributed by atoms with Crippen molar-refractivity contribution in [2.24, 2.45) is 0 Å². The van der Waals surface area contributed by atoms with Crippen molar-refractivity contribution in [3.05, 3.63) is 29.8 Å². The van der Waals surface area contributed by atoms with E-state index in [4.69, 9.17) is 52.1 Å². The molecule has 0 aliphatic heterocycles. The lowest BCUT2D eigenvalue weighted by Crippen LogP contribution is -2.15. The van der Waals surface area contributed by atoms with Gasteiger partial charge in [-0.2, -0.15) is 0 Å². The van der Waals surface area contributed by atoms with Crippen molar-refractivity contribution in [2.75, 3.05) is 151 Å². The summed E-state index contributed by atoms with van der Waals surface area (Å²) < 4.78 is 60.4. The third-order valence-electron chi connectivity index (χ3n) is 7.93. The van der Waals surface area contributed by atoms with Crippen molar-refractivity contribution in [1.29, 1.82) is 0 Å². The molecule has 0 fully saturated rings. The molecule has 0 aliphatic rings. The van der Waals surface area contributed by atoms with Crippen LogP contribution in [0.5, 0.6) is 0 Å². The molecule has 316 valence electrons. The van der Waals surface area contributed by atoms with Gasteiger partial charge in [-0.05, 0) is 37.1 Å². The Morgan fingerprint density at radius 1 is 0.389 bits per heavy atom. The van der Waals surface area contributed by atoms with Gasteiger partial charge in [0.1, 0.15) is 6.61 Å². The van der Waals surface area contributed by atoms with Crippen LogP contribution in [-0.4, -0.2) is 151 Å². The van der Waals surface area contributed by atoms with Crippen LogP contribution in [0.3, 0.4) is 0 Å².